The van der Waals surface area contributed by atoms with E-state index in [2.05, 4.69) is 20.0 Å². The number of hydrogen-bond donors (Lipinski definition) is 4. The third-order valence-electron chi connectivity index (χ3n) is 9.11. The van der Waals surface area contributed by atoms with Gasteiger partial charge in [-0.15, -0.1) is 0 Å². The molecule has 0 fully saturated rings. The summed E-state index contributed by atoms with van der Waals surface area (Å²) < 4.78 is 27.0. The number of aryl methyl sites for hydroxylation is 2. The predicted molar refractivity (Wildman–Crippen MR) is 196 cm³/mol. The summed E-state index contributed by atoms with van der Waals surface area (Å²) in [5.41, 5.74) is 7.82. The van der Waals surface area contributed by atoms with Gasteiger partial charge in [0.2, 0.25) is 0 Å². The topological polar surface area (TPSA) is 191 Å². The Labute approximate surface area is 298 Å². The fraction of sp³-hybridized carbons (Fsp3) is 0.263. The van der Waals surface area contributed by atoms with Gasteiger partial charge in [0.05, 0.1) is 35.4 Å². The zero-order valence-electron chi connectivity index (χ0n) is 29.3. The number of nitrogens with one attached hydrogen (secondary N) is 2. The van der Waals surface area contributed by atoms with Gasteiger partial charge in [-0.2, -0.15) is 0 Å². The zero-order valence-corrected chi connectivity index (χ0v) is 29.3. The molecular formula is C38H40N6O8. The number of esters is 2. The van der Waals surface area contributed by atoms with Crippen molar-refractivity contribution in [2.45, 2.75) is 40.8 Å². The molecule has 4 aromatic carbocycles. The average Bonchev–Trinajstić information content (AvgIpc) is 3.60. The van der Waals surface area contributed by atoms with Crippen LogP contribution in [0.2, 0.25) is 0 Å². The zero-order chi connectivity index (χ0) is 37.1. The van der Waals surface area contributed by atoms with Crippen LogP contribution < -0.4 is 32.0 Å². The van der Waals surface area contributed by atoms with Crippen molar-refractivity contribution in [1.29, 1.82) is 0 Å². The summed E-state index contributed by atoms with van der Waals surface area (Å²) in [7, 11) is 0. The molecule has 0 radical (unpaired) electrons. The van der Waals surface area contributed by atoms with Crippen molar-refractivity contribution < 1.29 is 38.1 Å². The number of ether oxygens (including phenoxy) is 4. The van der Waals surface area contributed by atoms with Crippen LogP contribution in [0.25, 0.3) is 43.4 Å². The van der Waals surface area contributed by atoms with Crippen molar-refractivity contribution in [3.05, 3.63) is 83.2 Å². The van der Waals surface area contributed by atoms with E-state index in [0.29, 0.717) is 57.9 Å². The molecular weight excluding hydrogens is 668 g/mol. The van der Waals surface area contributed by atoms with Gasteiger partial charge >= 0.3 is 11.9 Å². The van der Waals surface area contributed by atoms with E-state index in [0.717, 1.165) is 32.6 Å². The maximum atomic E-state index is 13.5. The van der Waals surface area contributed by atoms with Gasteiger partial charge in [-0.25, -0.2) is 21.3 Å². The summed E-state index contributed by atoms with van der Waals surface area (Å²) in [6.45, 7) is 7.73. The minimum absolute atomic E-state index is 0.180. The monoisotopic (exact) mass is 708 g/mol. The van der Waals surface area contributed by atoms with Gasteiger partial charge in [0.1, 0.15) is 11.5 Å². The molecule has 14 heteroatoms. The molecule has 270 valence electrons. The second kappa shape index (κ2) is 15.0. The van der Waals surface area contributed by atoms with Gasteiger partial charge < -0.3 is 28.1 Å². The Morgan fingerprint density at radius 2 is 0.962 bits per heavy atom. The van der Waals surface area contributed by atoms with Gasteiger partial charge in [0.25, 0.3) is 11.8 Å². The SMILES string of the molecule is CCOC(=O)c1c(C)n(CCn2c(C)c(C(=O)OCC)c3cc(OCC(=O)NN)c4ccccc4c32)c2c1cc(OCC(=O)NN)c1ccccc12. The van der Waals surface area contributed by atoms with Crippen molar-refractivity contribution in [2.24, 2.45) is 11.7 Å². The Balaban J connectivity index is 1.56. The Hall–Kier alpha value is -6.12. The molecule has 0 spiro atoms. The summed E-state index contributed by atoms with van der Waals surface area (Å²) >= 11 is 0. The molecule has 0 bridgehead atoms. The van der Waals surface area contributed by atoms with Gasteiger partial charge in [-0.1, -0.05) is 48.5 Å². The number of hydrogen-bond acceptors (Lipinski definition) is 10. The van der Waals surface area contributed by atoms with E-state index in [1.165, 1.54) is 0 Å². The number of carbonyl (C=O) groups excluding carboxylic acids is 4. The van der Waals surface area contributed by atoms with Crippen LogP contribution in [-0.2, 0) is 32.2 Å². The molecule has 0 atom stereocenters. The highest BCUT2D eigenvalue weighted by Crippen LogP contribution is 2.40. The van der Waals surface area contributed by atoms with Gasteiger partial charge in [-0.05, 0) is 39.8 Å². The molecule has 0 aliphatic carbocycles. The van der Waals surface area contributed by atoms with E-state index >= 15 is 0 Å². The third kappa shape index (κ3) is 6.33. The number of fused-ring (bicyclic) bond motifs is 6. The van der Waals surface area contributed by atoms with Crippen molar-refractivity contribution in [3.8, 4) is 11.5 Å². The van der Waals surface area contributed by atoms with E-state index in [1.54, 1.807) is 26.0 Å². The van der Waals surface area contributed by atoms with E-state index in [-0.39, 0.29) is 26.4 Å². The van der Waals surface area contributed by atoms with Crippen molar-refractivity contribution in [1.82, 2.24) is 20.0 Å². The summed E-state index contributed by atoms with van der Waals surface area (Å²) in [5, 5.41) is 4.29. The highest BCUT2D eigenvalue weighted by atomic mass is 16.5. The summed E-state index contributed by atoms with van der Waals surface area (Å²) in [5.74, 6) is 9.41. The lowest BCUT2D eigenvalue weighted by atomic mass is 10.0. The molecule has 0 saturated heterocycles. The first-order valence-electron chi connectivity index (χ1n) is 16.8. The first-order chi connectivity index (χ1) is 25.1. The predicted octanol–water partition coefficient (Wildman–Crippen LogP) is 4.31. The lowest BCUT2D eigenvalue weighted by Crippen LogP contribution is -2.34. The van der Waals surface area contributed by atoms with Crippen LogP contribution in [0.3, 0.4) is 0 Å². The molecule has 2 aromatic heterocycles. The second-order valence-electron chi connectivity index (χ2n) is 12.0. The maximum absolute atomic E-state index is 13.5. The molecule has 6 rings (SSSR count). The first-order valence-corrected chi connectivity index (χ1v) is 16.8. The van der Waals surface area contributed by atoms with Crippen LogP contribution in [0.15, 0.2) is 60.7 Å². The molecule has 0 unspecified atom stereocenters. The number of rotatable bonds is 13. The van der Waals surface area contributed by atoms with Crippen LogP contribution in [0.4, 0.5) is 0 Å². The van der Waals surface area contributed by atoms with E-state index in [1.807, 2.05) is 62.4 Å². The largest absolute Gasteiger partial charge is 0.483 e. The quantitative estimate of drug-likeness (QED) is 0.0582. The molecule has 6 aromatic rings. The van der Waals surface area contributed by atoms with Gasteiger partial charge in [0.15, 0.2) is 13.2 Å². The van der Waals surface area contributed by atoms with Crippen LogP contribution in [0, 0.1) is 13.8 Å². The standard InChI is InChI=1S/C38H40N6O8/c1-5-49-37(47)33-21(3)43(35-25-13-9-7-11-23(25)29(17-27(33)35)51-19-31(45)41-39)15-16-44-22(4)34(38(48)50-6-2)28-18-30(52-20-32(46)42-40)24-12-8-10-14-26(24)36(28)44/h7-14,17-18H,5-6,15-16,19-20,39-40H2,1-4H3,(H,41,45)(H,42,46). The third-order valence-corrected chi connectivity index (χ3v) is 9.11. The summed E-state index contributed by atoms with van der Waals surface area (Å²) in [6.07, 6.45) is 0. The molecule has 0 aliphatic heterocycles. The van der Waals surface area contributed by atoms with Gasteiger partial charge in [0, 0.05) is 56.8 Å². The summed E-state index contributed by atoms with van der Waals surface area (Å²) in [6, 6.07) is 18.7. The van der Waals surface area contributed by atoms with E-state index < -0.39 is 23.8 Å². The molecule has 6 N–H and O–H groups in total. The fourth-order valence-corrected chi connectivity index (χ4v) is 6.90. The number of nitrogens with two attached hydrogens (primary N) is 2. The van der Waals surface area contributed by atoms with Crippen LogP contribution in [0.5, 0.6) is 11.5 Å². The Bertz CT molecular complexity index is 2210. The highest BCUT2D eigenvalue weighted by Gasteiger charge is 2.27. The van der Waals surface area contributed by atoms with Crippen LogP contribution in [-0.4, -0.2) is 59.3 Å². The molecule has 14 nitrogen and oxygen atoms in total. The van der Waals surface area contributed by atoms with Crippen LogP contribution in [0.1, 0.15) is 46.0 Å². The lowest BCUT2D eigenvalue weighted by molar-refractivity contribution is -0.123. The van der Waals surface area contributed by atoms with Crippen molar-refractivity contribution in [3.63, 3.8) is 0 Å². The molecule has 52 heavy (non-hydrogen) atoms. The molecule has 0 saturated carbocycles. The Morgan fingerprint density at radius 3 is 1.31 bits per heavy atom. The van der Waals surface area contributed by atoms with Gasteiger partial charge in [-0.3, -0.25) is 20.4 Å². The number of hydrazine groups is 2. The van der Waals surface area contributed by atoms with Crippen LogP contribution >= 0.6 is 0 Å². The van der Waals surface area contributed by atoms with Crippen molar-refractivity contribution >= 4 is 67.1 Å². The molecule has 0 aliphatic rings. The lowest BCUT2D eigenvalue weighted by Gasteiger charge is -2.16. The smallest absolute Gasteiger partial charge is 0.340 e. The minimum atomic E-state index is -0.507. The number of carbonyl (C=O) groups is 4. The molecule has 2 heterocycles. The second-order valence-corrected chi connectivity index (χ2v) is 12.0. The number of aromatic nitrogens is 2. The van der Waals surface area contributed by atoms with Crippen molar-refractivity contribution in [2.75, 3.05) is 26.4 Å². The summed E-state index contributed by atoms with van der Waals surface area (Å²) in [4.78, 5) is 51.1. The Morgan fingerprint density at radius 1 is 0.596 bits per heavy atom. The minimum Gasteiger partial charge on any atom is -0.483 e. The molecule has 2 amide bonds. The number of nitrogens with zero attached hydrogens (tertiary/aromatic N) is 2. The number of benzene rings is 4. The first kappa shape index (κ1) is 35.7. The normalized spacial score (nSPS) is 11.3. The Kier molecular flexibility index (Phi) is 10.3. The average molecular weight is 709 g/mol. The maximum Gasteiger partial charge on any atom is 0.340 e. The van der Waals surface area contributed by atoms with E-state index in [4.69, 9.17) is 30.6 Å². The van der Waals surface area contributed by atoms with E-state index in [9.17, 15) is 19.2 Å². The fourth-order valence-electron chi connectivity index (χ4n) is 6.90. The highest BCUT2D eigenvalue weighted by molar-refractivity contribution is 6.17. The number of amides is 2.